The van der Waals surface area contributed by atoms with Gasteiger partial charge in [0.1, 0.15) is 11.4 Å². The Hall–Kier alpha value is -2.64. The average Bonchev–Trinajstić information content (AvgIpc) is 3.38. The third-order valence-corrected chi connectivity index (χ3v) is 7.80. The Balaban J connectivity index is 1.53. The number of phenolic OH excluding ortho intramolecular Hbond substituents is 1. The number of phenols is 1. The van der Waals surface area contributed by atoms with Gasteiger partial charge in [0.15, 0.2) is 15.6 Å². The highest BCUT2D eigenvalue weighted by Gasteiger charge is 2.51. The van der Waals surface area contributed by atoms with Gasteiger partial charge in [-0.1, -0.05) is 35.5 Å². The van der Waals surface area contributed by atoms with E-state index in [0.29, 0.717) is 13.1 Å². The smallest absolute Gasteiger partial charge is 0.152 e. The van der Waals surface area contributed by atoms with Crippen molar-refractivity contribution in [2.24, 2.45) is 0 Å². The largest absolute Gasteiger partial charge is 0.508 e. The third-order valence-electron chi connectivity index (χ3n) is 6.19. The zero-order valence-corrected chi connectivity index (χ0v) is 17.4. The first-order valence-corrected chi connectivity index (χ1v) is 12.1. The maximum absolute atomic E-state index is 11.8. The summed E-state index contributed by atoms with van der Waals surface area (Å²) in [6.45, 7) is 1.93. The minimum Gasteiger partial charge on any atom is -0.508 e. The maximum atomic E-state index is 11.8. The molecule has 7 heteroatoms. The molecule has 0 atom stereocenters. The van der Waals surface area contributed by atoms with E-state index in [1.54, 1.807) is 12.1 Å². The normalized spacial score (nSPS) is 20.1. The molecule has 0 radical (unpaired) electrons. The monoisotopic (exact) mass is 424 g/mol. The van der Waals surface area contributed by atoms with Gasteiger partial charge < -0.3 is 14.5 Å². The van der Waals surface area contributed by atoms with Crippen molar-refractivity contribution >= 4 is 9.84 Å². The molecule has 2 fully saturated rings. The van der Waals surface area contributed by atoms with Gasteiger partial charge in [-0.15, -0.1) is 0 Å². The van der Waals surface area contributed by atoms with Crippen LogP contribution in [-0.2, 0) is 15.3 Å². The Kier molecular flexibility index (Phi) is 4.67. The van der Waals surface area contributed by atoms with Crippen molar-refractivity contribution < 1.29 is 18.0 Å². The van der Waals surface area contributed by atoms with Crippen LogP contribution in [0.1, 0.15) is 18.6 Å². The Morgan fingerprint density at radius 3 is 2.27 bits per heavy atom. The Morgan fingerprint density at radius 1 is 0.967 bits per heavy atom. The lowest BCUT2D eigenvalue weighted by molar-refractivity contribution is 0.243. The molecule has 2 heterocycles. The van der Waals surface area contributed by atoms with Crippen molar-refractivity contribution in [2.75, 3.05) is 31.1 Å². The van der Waals surface area contributed by atoms with E-state index in [4.69, 9.17) is 4.52 Å². The highest BCUT2D eigenvalue weighted by atomic mass is 32.2. The first-order valence-electron chi connectivity index (χ1n) is 10.2. The van der Waals surface area contributed by atoms with Crippen molar-refractivity contribution in [3.63, 3.8) is 0 Å². The Morgan fingerprint density at radius 2 is 1.63 bits per heavy atom. The molecule has 1 aliphatic carbocycles. The number of hydrogen-bond acceptors (Lipinski definition) is 6. The summed E-state index contributed by atoms with van der Waals surface area (Å²) in [5.41, 5.74) is 3.56. The molecule has 1 aliphatic heterocycles. The second kappa shape index (κ2) is 7.25. The van der Waals surface area contributed by atoms with Gasteiger partial charge in [0.25, 0.3) is 0 Å². The van der Waals surface area contributed by atoms with Crippen LogP contribution in [0.2, 0.25) is 0 Å². The molecule has 3 aromatic rings. The van der Waals surface area contributed by atoms with Gasteiger partial charge in [-0.3, -0.25) is 0 Å². The number of aromatic hydroxyl groups is 1. The van der Waals surface area contributed by atoms with Crippen molar-refractivity contribution in [3.05, 3.63) is 60.4 Å². The summed E-state index contributed by atoms with van der Waals surface area (Å²) in [6, 6.07) is 17.1. The number of benzene rings is 2. The maximum Gasteiger partial charge on any atom is 0.152 e. The van der Waals surface area contributed by atoms with E-state index in [1.807, 2.05) is 30.3 Å². The van der Waals surface area contributed by atoms with Gasteiger partial charge in [0.2, 0.25) is 0 Å². The highest BCUT2D eigenvalue weighted by molar-refractivity contribution is 7.91. The summed E-state index contributed by atoms with van der Waals surface area (Å²) in [6.07, 6.45) is 2.00. The lowest BCUT2D eigenvalue weighted by atomic mass is 9.91. The van der Waals surface area contributed by atoms with E-state index in [0.717, 1.165) is 47.5 Å². The van der Waals surface area contributed by atoms with Crippen LogP contribution in [0.15, 0.2) is 59.1 Å². The van der Waals surface area contributed by atoms with Crippen LogP contribution in [0.25, 0.3) is 22.4 Å². The molecule has 1 aromatic heterocycles. The number of hydrogen-bond donors (Lipinski definition) is 1. The van der Waals surface area contributed by atoms with Crippen molar-refractivity contribution in [3.8, 4) is 28.1 Å². The molecule has 1 N–H and O–H groups in total. The fraction of sp³-hybridized carbons (Fsp3) is 0.348. The van der Waals surface area contributed by atoms with Gasteiger partial charge in [0.05, 0.1) is 17.1 Å². The number of aromatic nitrogens is 1. The molecular formula is C23H24N2O4S. The summed E-state index contributed by atoms with van der Waals surface area (Å²) in [5, 5.41) is 14.1. The van der Waals surface area contributed by atoms with Crippen LogP contribution in [0, 0.1) is 0 Å². The predicted molar refractivity (Wildman–Crippen MR) is 115 cm³/mol. The van der Waals surface area contributed by atoms with Gasteiger partial charge in [0, 0.05) is 30.6 Å². The number of sulfone groups is 1. The van der Waals surface area contributed by atoms with Gasteiger partial charge in [-0.25, -0.2) is 8.42 Å². The minimum atomic E-state index is -2.90. The molecule has 6 nitrogen and oxygen atoms in total. The van der Waals surface area contributed by atoms with Crippen LogP contribution < -0.4 is 0 Å². The van der Waals surface area contributed by atoms with Crippen molar-refractivity contribution in [2.45, 2.75) is 18.3 Å². The van der Waals surface area contributed by atoms with Crippen LogP contribution in [0.5, 0.6) is 5.75 Å². The van der Waals surface area contributed by atoms with Crippen LogP contribution >= 0.6 is 0 Å². The van der Waals surface area contributed by atoms with E-state index in [-0.39, 0.29) is 22.7 Å². The summed E-state index contributed by atoms with van der Waals surface area (Å²) in [4.78, 5) is 2.24. The summed E-state index contributed by atoms with van der Waals surface area (Å²) in [5.74, 6) is 1.54. The summed E-state index contributed by atoms with van der Waals surface area (Å²) >= 11 is 0. The zero-order valence-electron chi connectivity index (χ0n) is 16.6. The molecule has 0 unspecified atom stereocenters. The predicted octanol–water partition coefficient (Wildman–Crippen LogP) is 3.48. The zero-order chi connectivity index (χ0) is 20.8. The fourth-order valence-corrected chi connectivity index (χ4v) is 5.56. The number of nitrogens with zero attached hydrogens (tertiary/aromatic N) is 2. The second-order valence-electron chi connectivity index (χ2n) is 8.36. The molecule has 0 amide bonds. The molecule has 2 aliphatic rings. The molecule has 1 saturated carbocycles. The van der Waals surface area contributed by atoms with E-state index in [9.17, 15) is 13.5 Å². The topological polar surface area (TPSA) is 83.6 Å². The standard InChI is InChI=1S/C23H24N2O4S/c26-19-8-6-18(7-9-19)21-20(17-4-2-1-3-5-17)22(29-24-21)23(10-11-23)16-25-12-14-30(27,28)15-13-25/h1-9,26H,10-16H2. The van der Waals surface area contributed by atoms with Crippen LogP contribution in [0.4, 0.5) is 0 Å². The molecule has 0 spiro atoms. The molecule has 30 heavy (non-hydrogen) atoms. The minimum absolute atomic E-state index is 0.131. The average molecular weight is 425 g/mol. The fourth-order valence-electron chi connectivity index (χ4n) is 4.29. The molecule has 1 saturated heterocycles. The number of rotatable bonds is 5. The lowest BCUT2D eigenvalue weighted by Crippen LogP contribution is -2.43. The quantitative estimate of drug-likeness (QED) is 0.675. The van der Waals surface area contributed by atoms with Crippen molar-refractivity contribution in [1.82, 2.24) is 10.1 Å². The first kappa shape index (κ1) is 19.3. The van der Waals surface area contributed by atoms with E-state index < -0.39 is 9.84 Å². The lowest BCUT2D eigenvalue weighted by Gasteiger charge is -2.29. The summed E-state index contributed by atoms with van der Waals surface area (Å²) < 4.78 is 29.6. The van der Waals surface area contributed by atoms with E-state index >= 15 is 0 Å². The SMILES string of the molecule is O=S1(=O)CCN(CC2(c3onc(-c4ccc(O)cc4)c3-c3ccccc3)CC2)CC1. The molecule has 156 valence electrons. The molecule has 0 bridgehead atoms. The molecule has 5 rings (SSSR count). The molecular weight excluding hydrogens is 400 g/mol. The molecule has 2 aromatic carbocycles. The second-order valence-corrected chi connectivity index (χ2v) is 10.7. The highest BCUT2D eigenvalue weighted by Crippen LogP contribution is 2.53. The third kappa shape index (κ3) is 3.63. The van der Waals surface area contributed by atoms with Gasteiger partial charge in [-0.05, 0) is 42.7 Å². The van der Waals surface area contributed by atoms with Gasteiger partial charge >= 0.3 is 0 Å². The van der Waals surface area contributed by atoms with Gasteiger partial charge in [-0.2, -0.15) is 0 Å². The Labute approximate surface area is 176 Å². The van der Waals surface area contributed by atoms with Crippen LogP contribution in [-0.4, -0.2) is 54.7 Å². The first-order chi connectivity index (χ1) is 14.5. The van der Waals surface area contributed by atoms with Crippen LogP contribution in [0.3, 0.4) is 0 Å². The van der Waals surface area contributed by atoms with Crippen molar-refractivity contribution in [1.29, 1.82) is 0 Å². The summed E-state index contributed by atoms with van der Waals surface area (Å²) in [7, 11) is -2.90. The van der Waals surface area contributed by atoms with E-state index in [1.165, 1.54) is 0 Å². The Bertz CT molecular complexity index is 1140. The van der Waals surface area contributed by atoms with E-state index in [2.05, 4.69) is 22.2 Å².